The topological polar surface area (TPSA) is 86.8 Å². The molecule has 162 valence electrons. The molecule has 0 aliphatic rings. The van der Waals surface area contributed by atoms with Gasteiger partial charge < -0.3 is 10.2 Å². The van der Waals surface area contributed by atoms with Crippen molar-refractivity contribution in [3.8, 4) is 0 Å². The number of para-hydroxylation sites is 1. The summed E-state index contributed by atoms with van der Waals surface area (Å²) >= 11 is 0. The number of nitrogens with one attached hydrogen (secondary N) is 1. The molecule has 30 heavy (non-hydrogen) atoms. The van der Waals surface area contributed by atoms with E-state index >= 15 is 0 Å². The molecule has 1 N–H and O–H groups in total. The summed E-state index contributed by atoms with van der Waals surface area (Å²) in [7, 11) is -2.18. The average molecular weight is 432 g/mol. The Kier molecular flexibility index (Phi) is 8.00. The highest BCUT2D eigenvalue weighted by Gasteiger charge is 2.31. The highest BCUT2D eigenvalue weighted by Crippen LogP contribution is 2.20. The minimum absolute atomic E-state index is 0.212. The molecular formula is C22H29N3O4S. The second kappa shape index (κ2) is 10.2. The van der Waals surface area contributed by atoms with Gasteiger partial charge in [0, 0.05) is 13.6 Å². The van der Waals surface area contributed by atoms with Crippen molar-refractivity contribution in [1.29, 1.82) is 0 Å². The Morgan fingerprint density at radius 1 is 1.03 bits per heavy atom. The molecule has 0 aliphatic heterocycles. The van der Waals surface area contributed by atoms with Crippen LogP contribution in [0.3, 0.4) is 0 Å². The first-order valence-corrected chi connectivity index (χ1v) is 11.6. The van der Waals surface area contributed by atoms with Crippen LogP contribution in [-0.2, 0) is 26.2 Å². The van der Waals surface area contributed by atoms with E-state index in [1.165, 1.54) is 11.9 Å². The largest absolute Gasteiger partial charge is 0.357 e. The number of carbonyl (C=O) groups excluding carboxylic acids is 2. The SMILES string of the molecule is CC[C@@H](C(=O)NC)N(Cc1ccccc1C)C(=O)CN(c1ccccc1)S(C)(=O)=O. The van der Waals surface area contributed by atoms with Crippen molar-refractivity contribution in [2.24, 2.45) is 0 Å². The zero-order chi connectivity index (χ0) is 22.3. The fourth-order valence-electron chi connectivity index (χ4n) is 3.27. The van der Waals surface area contributed by atoms with E-state index in [0.29, 0.717) is 12.1 Å². The maximum atomic E-state index is 13.3. The van der Waals surface area contributed by atoms with Crippen molar-refractivity contribution < 1.29 is 18.0 Å². The monoisotopic (exact) mass is 431 g/mol. The van der Waals surface area contributed by atoms with Crippen molar-refractivity contribution >= 4 is 27.5 Å². The Morgan fingerprint density at radius 3 is 2.17 bits per heavy atom. The van der Waals surface area contributed by atoms with Crippen LogP contribution in [0.5, 0.6) is 0 Å². The number of hydrogen-bond acceptors (Lipinski definition) is 4. The molecule has 7 nitrogen and oxygen atoms in total. The smallest absolute Gasteiger partial charge is 0.244 e. The van der Waals surface area contributed by atoms with E-state index in [-0.39, 0.29) is 19.0 Å². The summed E-state index contributed by atoms with van der Waals surface area (Å²) in [5, 5.41) is 2.60. The van der Waals surface area contributed by atoms with Gasteiger partial charge >= 0.3 is 0 Å². The first kappa shape index (κ1) is 23.4. The van der Waals surface area contributed by atoms with Gasteiger partial charge in [0.1, 0.15) is 12.6 Å². The van der Waals surface area contributed by atoms with E-state index in [9.17, 15) is 18.0 Å². The first-order chi connectivity index (χ1) is 14.2. The van der Waals surface area contributed by atoms with Crippen molar-refractivity contribution in [2.75, 3.05) is 24.2 Å². The molecule has 2 rings (SSSR count). The number of amides is 2. The summed E-state index contributed by atoms with van der Waals surface area (Å²) in [6.07, 6.45) is 1.47. The van der Waals surface area contributed by atoms with E-state index < -0.39 is 22.0 Å². The number of likely N-dealkylation sites (N-methyl/N-ethyl adjacent to an activating group) is 1. The molecule has 1 atom stereocenters. The predicted octanol–water partition coefficient (Wildman–Crippen LogP) is 2.31. The summed E-state index contributed by atoms with van der Waals surface area (Å²) in [6, 6.07) is 15.4. The van der Waals surface area contributed by atoms with E-state index in [1.54, 1.807) is 30.3 Å². The van der Waals surface area contributed by atoms with Gasteiger partial charge in [-0.1, -0.05) is 49.4 Å². The lowest BCUT2D eigenvalue weighted by atomic mass is 10.1. The third kappa shape index (κ3) is 5.82. The second-order valence-electron chi connectivity index (χ2n) is 7.09. The van der Waals surface area contributed by atoms with Crippen molar-refractivity contribution in [3.63, 3.8) is 0 Å². The molecule has 0 saturated heterocycles. The van der Waals surface area contributed by atoms with Gasteiger partial charge in [-0.2, -0.15) is 0 Å². The lowest BCUT2D eigenvalue weighted by molar-refractivity contribution is -0.140. The zero-order valence-corrected chi connectivity index (χ0v) is 18.6. The lowest BCUT2D eigenvalue weighted by Gasteiger charge is -2.33. The molecule has 0 fully saturated rings. The minimum atomic E-state index is -3.70. The molecular weight excluding hydrogens is 402 g/mol. The molecule has 2 aromatic carbocycles. The number of anilines is 1. The summed E-state index contributed by atoms with van der Waals surface area (Å²) in [5.74, 6) is -0.729. The number of nitrogens with zero attached hydrogens (tertiary/aromatic N) is 2. The fourth-order valence-corrected chi connectivity index (χ4v) is 4.11. The van der Waals surface area contributed by atoms with Crippen LogP contribution < -0.4 is 9.62 Å². The molecule has 0 aliphatic carbocycles. The van der Waals surface area contributed by atoms with Gasteiger partial charge in [-0.05, 0) is 36.6 Å². The maximum absolute atomic E-state index is 13.3. The molecule has 8 heteroatoms. The molecule has 0 unspecified atom stereocenters. The van der Waals surface area contributed by atoms with Crippen molar-refractivity contribution in [3.05, 3.63) is 65.7 Å². The number of sulfonamides is 1. The minimum Gasteiger partial charge on any atom is -0.357 e. The van der Waals surface area contributed by atoms with Crippen LogP contribution in [0.4, 0.5) is 5.69 Å². The Labute approximate surface area is 178 Å². The number of rotatable bonds is 9. The molecule has 0 radical (unpaired) electrons. The summed E-state index contributed by atoms with van der Waals surface area (Å²) in [4.78, 5) is 27.3. The molecule has 0 bridgehead atoms. The van der Waals surface area contributed by atoms with Crippen LogP contribution in [0, 0.1) is 6.92 Å². The van der Waals surface area contributed by atoms with Gasteiger partial charge in [0.05, 0.1) is 11.9 Å². The van der Waals surface area contributed by atoms with Gasteiger partial charge in [-0.15, -0.1) is 0 Å². The van der Waals surface area contributed by atoms with E-state index in [1.807, 2.05) is 38.1 Å². The van der Waals surface area contributed by atoms with Crippen LogP contribution in [0.1, 0.15) is 24.5 Å². The average Bonchev–Trinajstić information content (AvgIpc) is 2.72. The van der Waals surface area contributed by atoms with E-state index in [4.69, 9.17) is 0 Å². The molecule has 2 aromatic rings. The Balaban J connectivity index is 2.42. The standard InChI is InChI=1S/C22H29N3O4S/c1-5-20(22(27)23-3)24(15-18-12-10-9-11-17(18)2)21(26)16-25(30(4,28)29)19-13-7-6-8-14-19/h6-14,20H,5,15-16H2,1-4H3,(H,23,27)/t20-/m0/s1. The zero-order valence-electron chi connectivity index (χ0n) is 17.8. The van der Waals surface area contributed by atoms with Gasteiger partial charge in [-0.25, -0.2) is 8.42 Å². The quantitative estimate of drug-likeness (QED) is 0.660. The number of carbonyl (C=O) groups is 2. The maximum Gasteiger partial charge on any atom is 0.244 e. The fraction of sp³-hybridized carbons (Fsp3) is 0.364. The third-order valence-electron chi connectivity index (χ3n) is 4.96. The van der Waals surface area contributed by atoms with Crippen LogP contribution in [0.25, 0.3) is 0 Å². The van der Waals surface area contributed by atoms with Crippen LogP contribution in [0.15, 0.2) is 54.6 Å². The van der Waals surface area contributed by atoms with Crippen LogP contribution in [0.2, 0.25) is 0 Å². The Bertz CT molecular complexity index is 977. The van der Waals surface area contributed by atoms with Crippen LogP contribution in [-0.4, -0.2) is 51.0 Å². The normalized spacial score (nSPS) is 12.1. The van der Waals surface area contributed by atoms with Gasteiger partial charge in [0.25, 0.3) is 0 Å². The van der Waals surface area contributed by atoms with Gasteiger partial charge in [0.15, 0.2) is 0 Å². The van der Waals surface area contributed by atoms with Gasteiger partial charge in [0.2, 0.25) is 21.8 Å². The summed E-state index contributed by atoms with van der Waals surface area (Å²) < 4.78 is 25.9. The summed E-state index contributed by atoms with van der Waals surface area (Å²) in [5.41, 5.74) is 2.29. The summed E-state index contributed by atoms with van der Waals surface area (Å²) in [6.45, 7) is 3.58. The number of hydrogen-bond donors (Lipinski definition) is 1. The van der Waals surface area contributed by atoms with Crippen molar-refractivity contribution in [2.45, 2.75) is 32.9 Å². The Morgan fingerprint density at radius 2 is 1.63 bits per heavy atom. The van der Waals surface area contributed by atoms with E-state index in [2.05, 4.69) is 5.32 Å². The third-order valence-corrected chi connectivity index (χ3v) is 6.10. The molecule has 0 saturated carbocycles. The van der Waals surface area contributed by atoms with E-state index in [0.717, 1.165) is 21.7 Å². The Hall–Kier alpha value is -2.87. The lowest BCUT2D eigenvalue weighted by Crippen LogP contribution is -2.51. The number of aryl methyl sites for hydroxylation is 1. The van der Waals surface area contributed by atoms with Crippen molar-refractivity contribution in [1.82, 2.24) is 10.2 Å². The highest BCUT2D eigenvalue weighted by molar-refractivity contribution is 7.92. The molecule has 2 amide bonds. The molecule has 0 spiro atoms. The second-order valence-corrected chi connectivity index (χ2v) is 9.00. The first-order valence-electron chi connectivity index (χ1n) is 9.77. The molecule has 0 aromatic heterocycles. The predicted molar refractivity (Wildman–Crippen MR) is 119 cm³/mol. The highest BCUT2D eigenvalue weighted by atomic mass is 32.2. The number of benzene rings is 2. The van der Waals surface area contributed by atoms with Crippen LogP contribution >= 0.6 is 0 Å². The van der Waals surface area contributed by atoms with Gasteiger partial charge in [-0.3, -0.25) is 13.9 Å². The molecule has 0 heterocycles.